The summed E-state index contributed by atoms with van der Waals surface area (Å²) in [4.78, 5) is 16.7. The number of ketones is 1. The Morgan fingerprint density at radius 2 is 1.79 bits per heavy atom. The number of aryl methyl sites for hydroxylation is 3. The summed E-state index contributed by atoms with van der Waals surface area (Å²) in [6.45, 7) is 5.47. The standard InChI is InChI=1S/C22H22ClNO4S/c1-14-6-4-5-7-19(14)22-24-21(16(3)28-22)13-29(26,27)12-18(25)10-17-9-8-15(2)20(23)11-17/h4-9,11H,10,12-13H2,1-3H3. The molecule has 152 valence electrons. The lowest BCUT2D eigenvalue weighted by Gasteiger charge is -2.05. The summed E-state index contributed by atoms with van der Waals surface area (Å²) in [6, 6.07) is 12.9. The fourth-order valence-corrected chi connectivity index (χ4v) is 4.60. The number of aromatic nitrogens is 1. The molecule has 0 saturated heterocycles. The SMILES string of the molecule is Cc1ccc(CC(=O)CS(=O)(=O)Cc2nc(-c3ccccc3C)oc2C)cc1Cl. The van der Waals surface area contributed by atoms with Crippen molar-refractivity contribution in [1.29, 1.82) is 0 Å². The van der Waals surface area contributed by atoms with E-state index in [0.717, 1.165) is 16.7 Å². The van der Waals surface area contributed by atoms with E-state index < -0.39 is 15.6 Å². The van der Waals surface area contributed by atoms with Gasteiger partial charge < -0.3 is 4.42 Å². The van der Waals surface area contributed by atoms with Crippen LogP contribution >= 0.6 is 11.6 Å². The number of benzene rings is 2. The monoisotopic (exact) mass is 431 g/mol. The Bertz CT molecular complexity index is 1170. The van der Waals surface area contributed by atoms with Crippen LogP contribution in [-0.2, 0) is 26.8 Å². The van der Waals surface area contributed by atoms with Crippen molar-refractivity contribution in [2.24, 2.45) is 0 Å². The van der Waals surface area contributed by atoms with Crippen molar-refractivity contribution in [3.63, 3.8) is 0 Å². The van der Waals surface area contributed by atoms with Crippen molar-refractivity contribution < 1.29 is 17.6 Å². The molecule has 0 amide bonds. The Morgan fingerprint density at radius 1 is 1.07 bits per heavy atom. The second-order valence-electron chi connectivity index (χ2n) is 7.17. The highest BCUT2D eigenvalue weighted by Gasteiger charge is 2.22. The van der Waals surface area contributed by atoms with Crippen molar-refractivity contribution in [2.75, 3.05) is 5.75 Å². The van der Waals surface area contributed by atoms with Crippen LogP contribution in [0.1, 0.15) is 28.1 Å². The summed E-state index contributed by atoms with van der Waals surface area (Å²) in [7, 11) is -3.68. The molecule has 29 heavy (non-hydrogen) atoms. The number of nitrogens with zero attached hydrogens (tertiary/aromatic N) is 1. The minimum atomic E-state index is -3.68. The molecule has 0 N–H and O–H groups in total. The van der Waals surface area contributed by atoms with Gasteiger partial charge in [-0.2, -0.15) is 0 Å². The molecule has 5 nitrogen and oxygen atoms in total. The van der Waals surface area contributed by atoms with E-state index in [1.165, 1.54) is 0 Å². The maximum atomic E-state index is 12.6. The first-order valence-corrected chi connectivity index (χ1v) is 11.3. The van der Waals surface area contributed by atoms with E-state index >= 15 is 0 Å². The average Bonchev–Trinajstić information content (AvgIpc) is 2.97. The normalized spacial score (nSPS) is 11.6. The first-order valence-electron chi connectivity index (χ1n) is 9.14. The van der Waals surface area contributed by atoms with Crippen LogP contribution in [0.15, 0.2) is 46.9 Å². The zero-order valence-corrected chi connectivity index (χ0v) is 18.1. The smallest absolute Gasteiger partial charge is 0.226 e. The highest BCUT2D eigenvalue weighted by Crippen LogP contribution is 2.25. The van der Waals surface area contributed by atoms with Gasteiger partial charge >= 0.3 is 0 Å². The van der Waals surface area contributed by atoms with Crippen LogP contribution < -0.4 is 0 Å². The van der Waals surface area contributed by atoms with Gasteiger partial charge in [0.15, 0.2) is 15.6 Å². The lowest BCUT2D eigenvalue weighted by atomic mass is 10.1. The Labute approximate surface area is 175 Å². The number of sulfone groups is 1. The average molecular weight is 432 g/mol. The molecule has 1 aromatic heterocycles. The van der Waals surface area contributed by atoms with E-state index in [2.05, 4.69) is 4.98 Å². The topological polar surface area (TPSA) is 77.2 Å². The van der Waals surface area contributed by atoms with Crippen LogP contribution in [0.25, 0.3) is 11.5 Å². The zero-order valence-electron chi connectivity index (χ0n) is 16.5. The highest BCUT2D eigenvalue weighted by molar-refractivity contribution is 7.91. The molecule has 0 aliphatic rings. The number of hydrogen-bond donors (Lipinski definition) is 0. The molecule has 0 bridgehead atoms. The minimum absolute atomic E-state index is 0.0193. The van der Waals surface area contributed by atoms with E-state index in [1.54, 1.807) is 19.1 Å². The number of halogens is 1. The third-order valence-corrected chi connectivity index (χ3v) is 6.53. The summed E-state index contributed by atoms with van der Waals surface area (Å²) in [5.41, 5.74) is 3.72. The summed E-state index contributed by atoms with van der Waals surface area (Å²) in [6.07, 6.45) is 0.0193. The van der Waals surface area contributed by atoms with Gasteiger partial charge in [-0.25, -0.2) is 13.4 Å². The summed E-state index contributed by atoms with van der Waals surface area (Å²) >= 11 is 6.07. The molecule has 0 spiro atoms. The minimum Gasteiger partial charge on any atom is -0.441 e. The van der Waals surface area contributed by atoms with Gasteiger partial charge in [-0.15, -0.1) is 0 Å². The van der Waals surface area contributed by atoms with Gasteiger partial charge in [-0.3, -0.25) is 4.79 Å². The molecule has 0 aliphatic carbocycles. The molecule has 0 unspecified atom stereocenters. The molecule has 1 heterocycles. The van der Waals surface area contributed by atoms with Crippen molar-refractivity contribution in [2.45, 2.75) is 32.9 Å². The summed E-state index contributed by atoms with van der Waals surface area (Å²) in [5, 5.41) is 0.556. The van der Waals surface area contributed by atoms with Gasteiger partial charge in [0.05, 0.1) is 11.4 Å². The number of Topliss-reactive ketones (excluding diaryl/α,β-unsaturated/α-hetero) is 1. The third kappa shape index (κ3) is 5.34. The lowest BCUT2D eigenvalue weighted by Crippen LogP contribution is -2.20. The van der Waals surface area contributed by atoms with Gasteiger partial charge in [0, 0.05) is 17.0 Å². The Balaban J connectivity index is 1.71. The molecule has 0 aliphatic heterocycles. The quantitative estimate of drug-likeness (QED) is 0.544. The van der Waals surface area contributed by atoms with Crippen molar-refractivity contribution in [1.82, 2.24) is 4.98 Å². The van der Waals surface area contributed by atoms with Crippen LogP contribution in [0.2, 0.25) is 5.02 Å². The molecule has 0 fully saturated rings. The van der Waals surface area contributed by atoms with Crippen LogP contribution in [-0.4, -0.2) is 24.9 Å². The van der Waals surface area contributed by atoms with Crippen molar-refractivity contribution in [3.8, 4) is 11.5 Å². The Morgan fingerprint density at radius 3 is 2.48 bits per heavy atom. The Hall–Kier alpha value is -2.44. The van der Waals surface area contributed by atoms with Gasteiger partial charge in [0.1, 0.15) is 11.5 Å². The molecule has 2 aromatic carbocycles. The molecule has 7 heteroatoms. The van der Waals surface area contributed by atoms with Crippen LogP contribution in [0.3, 0.4) is 0 Å². The summed E-state index contributed by atoms with van der Waals surface area (Å²) < 4.78 is 30.8. The number of carbonyl (C=O) groups excluding carboxylic acids is 1. The number of carbonyl (C=O) groups is 1. The molecule has 0 atom stereocenters. The van der Waals surface area contributed by atoms with Gasteiger partial charge in [0.2, 0.25) is 5.89 Å². The van der Waals surface area contributed by atoms with Crippen LogP contribution in [0, 0.1) is 20.8 Å². The zero-order chi connectivity index (χ0) is 21.2. The van der Waals surface area contributed by atoms with Crippen molar-refractivity contribution >= 4 is 27.2 Å². The fourth-order valence-electron chi connectivity index (χ4n) is 3.02. The molecule has 3 aromatic rings. The first-order chi connectivity index (χ1) is 13.6. The van der Waals surface area contributed by atoms with Crippen LogP contribution in [0.5, 0.6) is 0 Å². The predicted octanol–water partition coefficient (Wildman–Crippen LogP) is 4.65. The van der Waals surface area contributed by atoms with E-state index in [-0.39, 0.29) is 18.0 Å². The van der Waals surface area contributed by atoms with E-state index in [9.17, 15) is 13.2 Å². The molecular formula is C22H22ClNO4S. The second kappa shape index (κ2) is 8.51. The molecule has 3 rings (SSSR count). The first kappa shape index (κ1) is 21.3. The number of hydrogen-bond acceptors (Lipinski definition) is 5. The summed E-state index contributed by atoms with van der Waals surface area (Å²) in [5.74, 6) is -0.458. The highest BCUT2D eigenvalue weighted by atomic mass is 35.5. The maximum absolute atomic E-state index is 12.6. The number of rotatable bonds is 7. The van der Waals surface area contributed by atoms with Gasteiger partial charge in [0.25, 0.3) is 0 Å². The Kier molecular flexibility index (Phi) is 6.24. The maximum Gasteiger partial charge on any atom is 0.226 e. The van der Waals surface area contributed by atoms with Gasteiger partial charge in [-0.05, 0) is 49.6 Å². The second-order valence-corrected chi connectivity index (χ2v) is 9.64. The molecule has 0 saturated carbocycles. The molecule has 0 radical (unpaired) electrons. The number of oxazole rings is 1. The van der Waals surface area contributed by atoms with Crippen LogP contribution in [0.4, 0.5) is 0 Å². The predicted molar refractivity (Wildman–Crippen MR) is 114 cm³/mol. The molecular weight excluding hydrogens is 410 g/mol. The third-order valence-electron chi connectivity index (χ3n) is 4.64. The largest absolute Gasteiger partial charge is 0.441 e. The van der Waals surface area contributed by atoms with E-state index in [4.69, 9.17) is 16.0 Å². The van der Waals surface area contributed by atoms with E-state index in [1.807, 2.05) is 44.2 Å². The van der Waals surface area contributed by atoms with E-state index in [0.29, 0.717) is 27.9 Å². The fraction of sp³-hybridized carbons (Fsp3) is 0.273. The van der Waals surface area contributed by atoms with Gasteiger partial charge in [-0.1, -0.05) is 41.9 Å². The lowest BCUT2D eigenvalue weighted by molar-refractivity contribution is -0.116. The van der Waals surface area contributed by atoms with Crippen molar-refractivity contribution in [3.05, 3.63) is 75.6 Å².